The number of hydrogen-bond donors (Lipinski definition) is 0. The van der Waals surface area contributed by atoms with Crippen molar-refractivity contribution in [3.8, 4) is 73.2 Å². The standard InChI is InChI=1S/C70H45N5/c1-7-25-65-55(15-1)56-16-2-8-26-66(56)73(65)52-41-39-47(40-42-52)46-31-35-49(36-32-46)61-21-13-23-63(71-61)64-24-14-22-62(72-64)50-37-33-48(34-38-50)51-43-53(74-67-27-9-3-17-57(67)58-18-4-10-28-68(58)74)45-54(44-51)75-69-29-11-5-19-59(69)60-20-6-12-30-70(60)75/h1-45H. The Kier molecular flexibility index (Phi) is 9.82. The van der Waals surface area contributed by atoms with Crippen LogP contribution < -0.4 is 0 Å². The molecule has 0 aliphatic rings. The van der Waals surface area contributed by atoms with Crippen molar-refractivity contribution in [2.24, 2.45) is 0 Å². The maximum absolute atomic E-state index is 5.20. The number of para-hydroxylation sites is 6. The smallest absolute Gasteiger partial charge is 0.0893 e. The molecule has 5 heterocycles. The lowest BCUT2D eigenvalue weighted by molar-refractivity contribution is 1.13. The van der Waals surface area contributed by atoms with Crippen molar-refractivity contribution in [1.82, 2.24) is 23.7 Å². The Balaban J connectivity index is 0.741. The normalized spacial score (nSPS) is 11.7. The van der Waals surface area contributed by atoms with E-state index in [1.807, 2.05) is 12.1 Å². The van der Waals surface area contributed by atoms with Crippen LogP contribution in [0.3, 0.4) is 0 Å². The Labute approximate surface area is 433 Å². The molecule has 0 atom stereocenters. The summed E-state index contributed by atoms with van der Waals surface area (Å²) in [6.45, 7) is 0. The number of pyridine rings is 2. The van der Waals surface area contributed by atoms with E-state index in [2.05, 4.69) is 275 Å². The second-order valence-electron chi connectivity index (χ2n) is 19.4. The summed E-state index contributed by atoms with van der Waals surface area (Å²) in [5.41, 5.74) is 20.6. The fourth-order valence-electron chi connectivity index (χ4n) is 11.6. The molecule has 0 saturated heterocycles. The van der Waals surface area contributed by atoms with Crippen LogP contribution in [0, 0.1) is 0 Å². The van der Waals surface area contributed by atoms with Gasteiger partial charge in [-0.15, -0.1) is 0 Å². The molecule has 350 valence electrons. The van der Waals surface area contributed by atoms with Gasteiger partial charge in [0.2, 0.25) is 0 Å². The van der Waals surface area contributed by atoms with Crippen molar-refractivity contribution in [1.29, 1.82) is 0 Å². The molecule has 0 radical (unpaired) electrons. The monoisotopic (exact) mass is 955 g/mol. The molecule has 0 saturated carbocycles. The molecule has 5 nitrogen and oxygen atoms in total. The quantitative estimate of drug-likeness (QED) is 0.152. The molecule has 0 aliphatic carbocycles. The molecular formula is C70H45N5. The van der Waals surface area contributed by atoms with E-state index in [9.17, 15) is 0 Å². The summed E-state index contributed by atoms with van der Waals surface area (Å²) in [5.74, 6) is 0. The maximum Gasteiger partial charge on any atom is 0.0893 e. The second kappa shape index (κ2) is 17.3. The van der Waals surface area contributed by atoms with E-state index in [4.69, 9.17) is 9.97 Å². The number of hydrogen-bond acceptors (Lipinski definition) is 2. The van der Waals surface area contributed by atoms with Gasteiger partial charge in [-0.2, -0.15) is 0 Å². The SMILES string of the molecule is c1cc(-c2ccc(-c3ccc(-n4c5ccccc5c5ccccc54)cc3)cc2)nc(-c2cccc(-c3ccc(-c4cc(-n5c6ccccc6c6ccccc65)cc(-n5c6ccccc6c6ccccc65)c4)cc3)n2)c1. The van der Waals surface area contributed by atoms with Gasteiger partial charge in [-0.3, -0.25) is 0 Å². The molecule has 10 aromatic carbocycles. The van der Waals surface area contributed by atoms with Gasteiger partial charge in [0.05, 0.1) is 55.9 Å². The van der Waals surface area contributed by atoms with Crippen molar-refractivity contribution in [2.45, 2.75) is 0 Å². The summed E-state index contributed by atoms with van der Waals surface area (Å²) >= 11 is 0. The molecule has 0 bridgehead atoms. The van der Waals surface area contributed by atoms with E-state index in [0.29, 0.717) is 0 Å². The van der Waals surface area contributed by atoms with Gasteiger partial charge >= 0.3 is 0 Å². The third-order valence-electron chi connectivity index (χ3n) is 15.1. The maximum atomic E-state index is 5.20. The fourth-order valence-corrected chi connectivity index (χ4v) is 11.6. The molecule has 5 aromatic heterocycles. The molecule has 0 aliphatic heterocycles. The minimum atomic E-state index is 0.827. The Morgan fingerprint density at radius 2 is 0.453 bits per heavy atom. The second-order valence-corrected chi connectivity index (χ2v) is 19.4. The van der Waals surface area contributed by atoms with Gasteiger partial charge in [0, 0.05) is 60.5 Å². The molecule has 0 spiro atoms. The summed E-state index contributed by atoms with van der Waals surface area (Å²) in [6, 6.07) is 98.0. The minimum Gasteiger partial charge on any atom is -0.309 e. The molecule has 15 rings (SSSR count). The lowest BCUT2D eigenvalue weighted by Gasteiger charge is -2.16. The van der Waals surface area contributed by atoms with Crippen LogP contribution in [0.25, 0.3) is 139 Å². The first-order valence-electron chi connectivity index (χ1n) is 25.6. The number of fused-ring (bicyclic) bond motifs is 9. The average Bonchev–Trinajstić information content (AvgIpc) is 4.15. The highest BCUT2D eigenvalue weighted by atomic mass is 15.0. The summed E-state index contributed by atoms with van der Waals surface area (Å²) in [5, 5.41) is 7.48. The van der Waals surface area contributed by atoms with Crippen LogP contribution in [-0.2, 0) is 0 Å². The van der Waals surface area contributed by atoms with E-state index in [-0.39, 0.29) is 0 Å². The predicted octanol–water partition coefficient (Wildman–Crippen LogP) is 18.1. The van der Waals surface area contributed by atoms with Gasteiger partial charge in [0.15, 0.2) is 0 Å². The lowest BCUT2D eigenvalue weighted by atomic mass is 10.0. The van der Waals surface area contributed by atoms with Crippen LogP contribution >= 0.6 is 0 Å². The Bertz CT molecular complexity index is 4400. The Morgan fingerprint density at radius 3 is 0.800 bits per heavy atom. The summed E-state index contributed by atoms with van der Waals surface area (Å²) in [6.07, 6.45) is 0. The van der Waals surface area contributed by atoms with Crippen molar-refractivity contribution in [2.75, 3.05) is 0 Å². The van der Waals surface area contributed by atoms with Gasteiger partial charge in [-0.25, -0.2) is 9.97 Å². The van der Waals surface area contributed by atoms with E-state index in [1.165, 1.54) is 71.0 Å². The highest BCUT2D eigenvalue weighted by Crippen LogP contribution is 2.39. The molecule has 0 fully saturated rings. The molecule has 0 amide bonds. The largest absolute Gasteiger partial charge is 0.309 e. The average molecular weight is 956 g/mol. The molecular weight excluding hydrogens is 911 g/mol. The predicted molar refractivity (Wildman–Crippen MR) is 312 cm³/mol. The van der Waals surface area contributed by atoms with Crippen LogP contribution in [0.4, 0.5) is 0 Å². The summed E-state index contributed by atoms with van der Waals surface area (Å²) in [4.78, 5) is 10.4. The van der Waals surface area contributed by atoms with Crippen molar-refractivity contribution in [3.05, 3.63) is 273 Å². The van der Waals surface area contributed by atoms with Gasteiger partial charge in [0.1, 0.15) is 0 Å². The van der Waals surface area contributed by atoms with Gasteiger partial charge < -0.3 is 13.7 Å². The lowest BCUT2D eigenvalue weighted by Crippen LogP contribution is -2.00. The van der Waals surface area contributed by atoms with Gasteiger partial charge in [-0.1, -0.05) is 182 Å². The third-order valence-corrected chi connectivity index (χ3v) is 15.1. The number of aromatic nitrogens is 5. The van der Waals surface area contributed by atoms with Crippen molar-refractivity contribution >= 4 is 65.4 Å². The van der Waals surface area contributed by atoms with Crippen molar-refractivity contribution in [3.63, 3.8) is 0 Å². The number of benzene rings is 10. The molecule has 0 N–H and O–H groups in total. The fraction of sp³-hybridized carbons (Fsp3) is 0. The third kappa shape index (κ3) is 7.08. The highest BCUT2D eigenvalue weighted by Gasteiger charge is 2.18. The summed E-state index contributed by atoms with van der Waals surface area (Å²) in [7, 11) is 0. The molecule has 75 heavy (non-hydrogen) atoms. The topological polar surface area (TPSA) is 40.6 Å². The zero-order chi connectivity index (χ0) is 49.4. The van der Waals surface area contributed by atoms with E-state index in [0.717, 1.165) is 67.7 Å². The highest BCUT2D eigenvalue weighted by molar-refractivity contribution is 6.11. The molecule has 5 heteroatoms. The summed E-state index contributed by atoms with van der Waals surface area (Å²) < 4.78 is 7.19. The van der Waals surface area contributed by atoms with E-state index < -0.39 is 0 Å². The Hall–Kier alpha value is -10.1. The first kappa shape index (κ1) is 42.6. The van der Waals surface area contributed by atoms with E-state index in [1.54, 1.807) is 0 Å². The number of rotatable bonds is 8. The zero-order valence-electron chi connectivity index (χ0n) is 40.7. The van der Waals surface area contributed by atoms with E-state index >= 15 is 0 Å². The minimum absolute atomic E-state index is 0.827. The van der Waals surface area contributed by atoms with Crippen LogP contribution in [-0.4, -0.2) is 23.7 Å². The van der Waals surface area contributed by atoms with Crippen LogP contribution in [0.5, 0.6) is 0 Å². The van der Waals surface area contributed by atoms with Crippen LogP contribution in [0.15, 0.2) is 273 Å². The Morgan fingerprint density at radius 1 is 0.187 bits per heavy atom. The molecule has 15 aromatic rings. The number of nitrogens with zero attached hydrogens (tertiary/aromatic N) is 5. The molecule has 0 unspecified atom stereocenters. The van der Waals surface area contributed by atoms with Gasteiger partial charge in [0.25, 0.3) is 0 Å². The van der Waals surface area contributed by atoms with Gasteiger partial charge in [-0.05, 0) is 113 Å². The first-order chi connectivity index (χ1) is 37.2. The van der Waals surface area contributed by atoms with Crippen LogP contribution in [0.1, 0.15) is 0 Å². The first-order valence-corrected chi connectivity index (χ1v) is 25.6. The van der Waals surface area contributed by atoms with Crippen molar-refractivity contribution < 1.29 is 0 Å². The van der Waals surface area contributed by atoms with Crippen LogP contribution in [0.2, 0.25) is 0 Å². The zero-order valence-corrected chi connectivity index (χ0v) is 40.7.